The third kappa shape index (κ3) is 4.35. The van der Waals surface area contributed by atoms with Crippen molar-refractivity contribution >= 4 is 6.09 Å². The van der Waals surface area contributed by atoms with Crippen LogP contribution in [0, 0.1) is 0 Å². The molecular formula is C13H17NO4. The van der Waals surface area contributed by atoms with Gasteiger partial charge in [-0.1, -0.05) is 30.3 Å². The Kier molecular flexibility index (Phi) is 4.99. The lowest BCUT2D eigenvalue weighted by Gasteiger charge is -2.15. The van der Waals surface area contributed by atoms with E-state index in [1.54, 1.807) is 0 Å². The molecular weight excluding hydrogens is 234 g/mol. The number of alkyl carbamates (subject to hydrolysis) is 1. The first kappa shape index (κ1) is 12.9. The molecule has 0 bridgehead atoms. The summed E-state index contributed by atoms with van der Waals surface area (Å²) < 4.78 is 15.7. The molecule has 0 atom stereocenters. The molecule has 1 aromatic carbocycles. The average Bonchev–Trinajstić information content (AvgIpc) is 2.66. The highest BCUT2D eigenvalue weighted by Gasteiger charge is 2.16. The van der Waals surface area contributed by atoms with E-state index in [-0.39, 0.29) is 12.6 Å². The van der Waals surface area contributed by atoms with Crippen LogP contribution in [0.15, 0.2) is 30.3 Å². The highest BCUT2D eigenvalue weighted by molar-refractivity contribution is 5.67. The summed E-state index contributed by atoms with van der Waals surface area (Å²) in [5, 5.41) is 2.72. The number of hydrogen-bond acceptors (Lipinski definition) is 4. The van der Waals surface area contributed by atoms with Gasteiger partial charge in [-0.05, 0) is 5.56 Å². The van der Waals surface area contributed by atoms with Gasteiger partial charge in [0.05, 0.1) is 32.5 Å². The minimum Gasteiger partial charge on any atom is -0.445 e. The van der Waals surface area contributed by atoms with E-state index >= 15 is 0 Å². The molecule has 1 aromatic rings. The van der Waals surface area contributed by atoms with Gasteiger partial charge in [0.2, 0.25) is 0 Å². The van der Waals surface area contributed by atoms with Gasteiger partial charge in [-0.15, -0.1) is 0 Å². The van der Waals surface area contributed by atoms with E-state index in [1.165, 1.54) is 0 Å². The lowest BCUT2D eigenvalue weighted by Crippen LogP contribution is -2.40. The normalized spacial score (nSPS) is 16.9. The number of ether oxygens (including phenoxy) is 3. The Morgan fingerprint density at radius 2 is 1.89 bits per heavy atom. The topological polar surface area (TPSA) is 56.8 Å². The molecule has 5 nitrogen and oxygen atoms in total. The zero-order chi connectivity index (χ0) is 12.6. The fourth-order valence-corrected chi connectivity index (χ4v) is 1.63. The summed E-state index contributed by atoms with van der Waals surface area (Å²) in [6.45, 7) is 2.32. The van der Waals surface area contributed by atoms with Crippen LogP contribution in [-0.4, -0.2) is 38.6 Å². The number of amides is 1. The fourth-order valence-electron chi connectivity index (χ4n) is 1.63. The van der Waals surface area contributed by atoms with Crippen molar-refractivity contribution in [3.63, 3.8) is 0 Å². The molecule has 1 aliphatic rings. The van der Waals surface area contributed by atoms with E-state index in [4.69, 9.17) is 14.2 Å². The Bertz CT molecular complexity index is 361. The summed E-state index contributed by atoms with van der Waals surface area (Å²) in [4.78, 5) is 11.6. The molecule has 1 saturated heterocycles. The molecule has 1 heterocycles. The number of carbonyl (C=O) groups excluding carboxylic acids is 1. The molecule has 0 radical (unpaired) electrons. The van der Waals surface area contributed by atoms with Crippen LogP contribution in [-0.2, 0) is 20.8 Å². The van der Waals surface area contributed by atoms with Crippen molar-refractivity contribution in [1.29, 1.82) is 0 Å². The van der Waals surface area contributed by atoms with E-state index in [2.05, 4.69) is 5.32 Å². The van der Waals surface area contributed by atoms with Crippen molar-refractivity contribution in [1.82, 2.24) is 5.32 Å². The van der Waals surface area contributed by atoms with Crippen LogP contribution in [0.2, 0.25) is 0 Å². The van der Waals surface area contributed by atoms with Gasteiger partial charge in [0.1, 0.15) is 6.61 Å². The van der Waals surface area contributed by atoms with Crippen LogP contribution < -0.4 is 5.32 Å². The summed E-state index contributed by atoms with van der Waals surface area (Å²) in [5.74, 6) is 0. The molecule has 2 rings (SSSR count). The van der Waals surface area contributed by atoms with Gasteiger partial charge in [0.15, 0.2) is 0 Å². The summed E-state index contributed by atoms with van der Waals surface area (Å²) in [5.41, 5.74) is 0.959. The number of nitrogens with one attached hydrogen (secondary N) is 1. The van der Waals surface area contributed by atoms with E-state index in [0.717, 1.165) is 5.56 Å². The maximum Gasteiger partial charge on any atom is 0.407 e. The number of benzene rings is 1. The van der Waals surface area contributed by atoms with Gasteiger partial charge < -0.3 is 19.5 Å². The Morgan fingerprint density at radius 3 is 2.56 bits per heavy atom. The summed E-state index contributed by atoms with van der Waals surface area (Å²) >= 11 is 0. The Labute approximate surface area is 106 Å². The minimum atomic E-state index is -0.446. The third-order valence-corrected chi connectivity index (χ3v) is 2.54. The van der Waals surface area contributed by atoms with Crippen molar-refractivity contribution in [2.75, 3.05) is 26.4 Å². The van der Waals surface area contributed by atoms with Gasteiger partial charge in [-0.2, -0.15) is 0 Å². The first-order valence-corrected chi connectivity index (χ1v) is 5.97. The Hall–Kier alpha value is -1.59. The molecule has 0 aromatic heterocycles. The lowest BCUT2D eigenvalue weighted by molar-refractivity contribution is 0.103. The lowest BCUT2D eigenvalue weighted by atomic mass is 10.2. The molecule has 0 unspecified atom stereocenters. The van der Waals surface area contributed by atoms with Crippen LogP contribution in [0.1, 0.15) is 5.56 Å². The second kappa shape index (κ2) is 6.98. The number of carbonyl (C=O) groups is 1. The Balaban J connectivity index is 1.71. The molecule has 1 aliphatic heterocycles. The molecule has 5 heteroatoms. The van der Waals surface area contributed by atoms with Crippen LogP contribution in [0.3, 0.4) is 0 Å². The molecule has 1 N–H and O–H groups in total. The van der Waals surface area contributed by atoms with Gasteiger partial charge in [0, 0.05) is 0 Å². The first-order chi connectivity index (χ1) is 8.84. The molecule has 18 heavy (non-hydrogen) atoms. The van der Waals surface area contributed by atoms with Crippen LogP contribution >= 0.6 is 0 Å². The predicted octanol–water partition coefficient (Wildman–Crippen LogP) is 1.33. The van der Waals surface area contributed by atoms with E-state index in [9.17, 15) is 4.79 Å². The van der Waals surface area contributed by atoms with Crippen molar-refractivity contribution < 1.29 is 19.0 Å². The number of rotatable bonds is 3. The maximum absolute atomic E-state index is 11.6. The van der Waals surface area contributed by atoms with Crippen LogP contribution in [0.4, 0.5) is 4.79 Å². The SMILES string of the molecule is O=C(NC1COCCOC1)OCc1ccccc1. The van der Waals surface area contributed by atoms with Crippen LogP contribution in [0.5, 0.6) is 0 Å². The molecule has 0 saturated carbocycles. The third-order valence-electron chi connectivity index (χ3n) is 2.54. The number of hydrogen-bond donors (Lipinski definition) is 1. The molecule has 1 fully saturated rings. The molecule has 0 spiro atoms. The standard InChI is InChI=1S/C13H17NO4/c15-13(14-12-9-16-6-7-17-10-12)18-8-11-4-2-1-3-5-11/h1-5,12H,6-10H2,(H,14,15). The fraction of sp³-hybridized carbons (Fsp3) is 0.462. The molecule has 1 amide bonds. The Morgan fingerprint density at radius 1 is 1.22 bits per heavy atom. The van der Waals surface area contributed by atoms with Crippen molar-refractivity contribution in [2.24, 2.45) is 0 Å². The zero-order valence-corrected chi connectivity index (χ0v) is 10.1. The summed E-state index contributed by atoms with van der Waals surface area (Å²) in [6.07, 6.45) is -0.446. The zero-order valence-electron chi connectivity index (χ0n) is 10.1. The highest BCUT2D eigenvalue weighted by Crippen LogP contribution is 2.01. The summed E-state index contributed by atoms with van der Waals surface area (Å²) in [6, 6.07) is 9.41. The van der Waals surface area contributed by atoms with Gasteiger partial charge in [-0.3, -0.25) is 0 Å². The quantitative estimate of drug-likeness (QED) is 0.880. The summed E-state index contributed by atoms with van der Waals surface area (Å²) in [7, 11) is 0. The van der Waals surface area contributed by atoms with E-state index in [0.29, 0.717) is 26.4 Å². The highest BCUT2D eigenvalue weighted by atomic mass is 16.6. The van der Waals surface area contributed by atoms with Gasteiger partial charge in [-0.25, -0.2) is 4.79 Å². The molecule has 98 valence electrons. The van der Waals surface area contributed by atoms with Crippen LogP contribution in [0.25, 0.3) is 0 Å². The average molecular weight is 251 g/mol. The van der Waals surface area contributed by atoms with Gasteiger partial charge in [0.25, 0.3) is 0 Å². The second-order valence-electron chi connectivity index (χ2n) is 4.05. The predicted molar refractivity (Wildman–Crippen MR) is 65.2 cm³/mol. The molecule has 0 aliphatic carbocycles. The van der Waals surface area contributed by atoms with Crippen molar-refractivity contribution in [2.45, 2.75) is 12.6 Å². The maximum atomic E-state index is 11.6. The van der Waals surface area contributed by atoms with E-state index in [1.807, 2.05) is 30.3 Å². The van der Waals surface area contributed by atoms with E-state index < -0.39 is 6.09 Å². The largest absolute Gasteiger partial charge is 0.445 e. The van der Waals surface area contributed by atoms with Crippen molar-refractivity contribution in [3.8, 4) is 0 Å². The monoisotopic (exact) mass is 251 g/mol. The van der Waals surface area contributed by atoms with Crippen molar-refractivity contribution in [3.05, 3.63) is 35.9 Å². The van der Waals surface area contributed by atoms with Gasteiger partial charge >= 0.3 is 6.09 Å². The smallest absolute Gasteiger partial charge is 0.407 e. The minimum absolute atomic E-state index is 0.143. The second-order valence-corrected chi connectivity index (χ2v) is 4.05. The first-order valence-electron chi connectivity index (χ1n) is 5.97.